The number of hydrogen-bond acceptors (Lipinski definition) is 3. The molecule has 0 bridgehead atoms. The largest absolute Gasteiger partial charge is 0.375 e. The zero-order valence-corrected chi connectivity index (χ0v) is 12.5. The van der Waals surface area contributed by atoms with Crippen LogP contribution in [0, 0.1) is 0 Å². The zero-order valence-electron chi connectivity index (χ0n) is 10.9. The van der Waals surface area contributed by atoms with Gasteiger partial charge in [0.05, 0.1) is 0 Å². The van der Waals surface area contributed by atoms with Crippen molar-refractivity contribution < 1.29 is 0 Å². The van der Waals surface area contributed by atoms with Gasteiger partial charge in [-0.15, -0.1) is 0 Å². The molecule has 96 valence electrons. The van der Waals surface area contributed by atoms with Gasteiger partial charge in [0, 0.05) is 30.3 Å². The van der Waals surface area contributed by atoms with Crippen molar-refractivity contribution in [1.82, 2.24) is 4.90 Å². The normalized spacial score (nSPS) is 10.9. The molecule has 0 amide bonds. The van der Waals surface area contributed by atoms with Crippen molar-refractivity contribution in [3.63, 3.8) is 0 Å². The molecule has 0 saturated carbocycles. The van der Waals surface area contributed by atoms with Crippen molar-refractivity contribution >= 4 is 21.6 Å². The number of halogens is 1. The van der Waals surface area contributed by atoms with Crippen molar-refractivity contribution in [3.05, 3.63) is 28.2 Å². The highest BCUT2D eigenvalue weighted by molar-refractivity contribution is 9.10. The fourth-order valence-electron chi connectivity index (χ4n) is 1.69. The van der Waals surface area contributed by atoms with E-state index in [1.807, 2.05) is 0 Å². The summed E-state index contributed by atoms with van der Waals surface area (Å²) in [5, 5.41) is 0. The molecule has 0 aliphatic rings. The van der Waals surface area contributed by atoms with Gasteiger partial charge in [-0.25, -0.2) is 0 Å². The van der Waals surface area contributed by atoms with E-state index in [0.717, 1.165) is 23.1 Å². The maximum Gasteiger partial charge on any atom is 0.0375 e. The Morgan fingerprint density at radius 1 is 1.18 bits per heavy atom. The fraction of sp³-hybridized carbons (Fsp3) is 0.538. The highest BCUT2D eigenvalue weighted by Gasteiger charge is 2.04. The Kier molecular flexibility index (Phi) is 5.95. The van der Waals surface area contributed by atoms with Crippen LogP contribution in [0.15, 0.2) is 22.7 Å². The van der Waals surface area contributed by atoms with E-state index in [9.17, 15) is 0 Å². The smallest absolute Gasteiger partial charge is 0.0375 e. The summed E-state index contributed by atoms with van der Waals surface area (Å²) < 4.78 is 1.09. The van der Waals surface area contributed by atoms with Gasteiger partial charge < -0.3 is 15.5 Å². The highest BCUT2D eigenvalue weighted by atomic mass is 79.9. The lowest BCUT2D eigenvalue weighted by Crippen LogP contribution is -2.23. The van der Waals surface area contributed by atoms with Crippen LogP contribution in [0.4, 0.5) is 5.69 Å². The number of benzene rings is 1. The van der Waals surface area contributed by atoms with Gasteiger partial charge in [0.1, 0.15) is 0 Å². The van der Waals surface area contributed by atoms with E-state index in [0.29, 0.717) is 6.54 Å². The Morgan fingerprint density at radius 2 is 1.88 bits per heavy atom. The molecule has 17 heavy (non-hydrogen) atoms. The highest BCUT2D eigenvalue weighted by Crippen LogP contribution is 2.23. The Morgan fingerprint density at radius 3 is 2.41 bits per heavy atom. The summed E-state index contributed by atoms with van der Waals surface area (Å²) in [6.07, 6.45) is 1.17. The molecule has 0 atom stereocenters. The van der Waals surface area contributed by atoms with Gasteiger partial charge >= 0.3 is 0 Å². The van der Waals surface area contributed by atoms with E-state index < -0.39 is 0 Å². The molecule has 0 unspecified atom stereocenters. The first-order chi connectivity index (χ1) is 8.04. The first-order valence-electron chi connectivity index (χ1n) is 5.89. The molecular formula is C13H22BrN3. The quantitative estimate of drug-likeness (QED) is 0.875. The SMILES string of the molecule is CN(C)CCCN(C)c1ccc(CN)c(Br)c1. The molecule has 0 aliphatic heterocycles. The molecule has 1 aromatic rings. The van der Waals surface area contributed by atoms with Crippen LogP contribution >= 0.6 is 15.9 Å². The van der Waals surface area contributed by atoms with Crippen LogP contribution in [0.2, 0.25) is 0 Å². The van der Waals surface area contributed by atoms with E-state index in [4.69, 9.17) is 5.73 Å². The number of nitrogens with zero attached hydrogens (tertiary/aromatic N) is 2. The monoisotopic (exact) mass is 299 g/mol. The molecule has 0 aliphatic carbocycles. The van der Waals surface area contributed by atoms with Crippen LogP contribution in [-0.2, 0) is 6.54 Å². The summed E-state index contributed by atoms with van der Waals surface area (Å²) in [7, 11) is 6.33. The summed E-state index contributed by atoms with van der Waals surface area (Å²) in [6.45, 7) is 2.75. The van der Waals surface area contributed by atoms with Gasteiger partial charge in [0.2, 0.25) is 0 Å². The Bertz CT molecular complexity index is 353. The van der Waals surface area contributed by atoms with Gasteiger partial charge in [0.25, 0.3) is 0 Å². The summed E-state index contributed by atoms with van der Waals surface area (Å²) in [6, 6.07) is 6.35. The van der Waals surface area contributed by atoms with Crippen molar-refractivity contribution in [1.29, 1.82) is 0 Å². The zero-order chi connectivity index (χ0) is 12.8. The minimum absolute atomic E-state index is 0.575. The van der Waals surface area contributed by atoms with Crippen molar-refractivity contribution in [2.45, 2.75) is 13.0 Å². The van der Waals surface area contributed by atoms with E-state index in [-0.39, 0.29) is 0 Å². The second kappa shape index (κ2) is 6.99. The second-order valence-corrected chi connectivity index (χ2v) is 5.41. The summed E-state index contributed by atoms with van der Waals surface area (Å²) >= 11 is 3.55. The number of rotatable bonds is 6. The third kappa shape index (κ3) is 4.66. The molecule has 0 spiro atoms. The van der Waals surface area contributed by atoms with E-state index >= 15 is 0 Å². The number of anilines is 1. The van der Waals surface area contributed by atoms with Crippen LogP contribution < -0.4 is 10.6 Å². The lowest BCUT2D eigenvalue weighted by Gasteiger charge is -2.21. The lowest BCUT2D eigenvalue weighted by molar-refractivity contribution is 0.401. The molecule has 3 nitrogen and oxygen atoms in total. The number of hydrogen-bond donors (Lipinski definition) is 1. The third-order valence-corrected chi connectivity index (χ3v) is 3.53. The van der Waals surface area contributed by atoms with E-state index in [1.54, 1.807) is 0 Å². The van der Waals surface area contributed by atoms with Crippen molar-refractivity contribution in [3.8, 4) is 0 Å². The maximum atomic E-state index is 5.64. The molecule has 2 N–H and O–H groups in total. The molecule has 0 fully saturated rings. The maximum absolute atomic E-state index is 5.64. The van der Waals surface area contributed by atoms with Gasteiger partial charge in [-0.1, -0.05) is 22.0 Å². The van der Waals surface area contributed by atoms with Gasteiger partial charge in [0.15, 0.2) is 0 Å². The summed E-state index contributed by atoms with van der Waals surface area (Å²) in [5.74, 6) is 0. The molecule has 1 rings (SSSR count). The van der Waals surface area contributed by atoms with Crippen LogP contribution in [0.1, 0.15) is 12.0 Å². The molecular weight excluding hydrogens is 278 g/mol. The lowest BCUT2D eigenvalue weighted by atomic mass is 10.2. The Hall–Kier alpha value is -0.580. The Balaban J connectivity index is 2.57. The van der Waals surface area contributed by atoms with Crippen LogP contribution in [0.3, 0.4) is 0 Å². The van der Waals surface area contributed by atoms with Crippen molar-refractivity contribution in [2.75, 3.05) is 39.1 Å². The van der Waals surface area contributed by atoms with Crippen molar-refractivity contribution in [2.24, 2.45) is 5.73 Å². The predicted molar refractivity (Wildman–Crippen MR) is 78.5 cm³/mol. The van der Waals surface area contributed by atoms with Crippen LogP contribution in [0.25, 0.3) is 0 Å². The number of nitrogens with two attached hydrogens (primary N) is 1. The molecule has 0 radical (unpaired) electrons. The summed E-state index contributed by atoms with van der Waals surface area (Å²) in [4.78, 5) is 4.48. The topological polar surface area (TPSA) is 32.5 Å². The Labute approximate surface area is 113 Å². The van der Waals surface area contributed by atoms with Gasteiger partial charge in [-0.2, -0.15) is 0 Å². The van der Waals surface area contributed by atoms with Gasteiger partial charge in [-0.05, 0) is 44.8 Å². The molecule has 0 aromatic heterocycles. The molecule has 0 saturated heterocycles. The fourth-order valence-corrected chi connectivity index (χ4v) is 2.22. The van der Waals surface area contributed by atoms with E-state index in [1.165, 1.54) is 12.1 Å². The van der Waals surface area contributed by atoms with Gasteiger partial charge in [-0.3, -0.25) is 0 Å². The first kappa shape index (κ1) is 14.5. The van der Waals surface area contributed by atoms with Crippen LogP contribution in [-0.4, -0.2) is 39.1 Å². The minimum atomic E-state index is 0.575. The standard InChI is InChI=1S/C13H22BrN3/c1-16(2)7-4-8-17(3)12-6-5-11(10-15)13(14)9-12/h5-6,9H,4,7-8,10,15H2,1-3H3. The second-order valence-electron chi connectivity index (χ2n) is 4.56. The van der Waals surface area contributed by atoms with E-state index in [2.05, 4.69) is 65.1 Å². The molecule has 4 heteroatoms. The molecule has 0 heterocycles. The summed E-state index contributed by atoms with van der Waals surface area (Å²) in [5.41, 5.74) is 8.02. The van der Waals surface area contributed by atoms with Crippen LogP contribution in [0.5, 0.6) is 0 Å². The predicted octanol–water partition coefficient (Wildman–Crippen LogP) is 2.30. The first-order valence-corrected chi connectivity index (χ1v) is 6.68. The average Bonchev–Trinajstić information content (AvgIpc) is 2.28. The minimum Gasteiger partial charge on any atom is -0.375 e. The third-order valence-electron chi connectivity index (χ3n) is 2.80. The molecule has 1 aromatic carbocycles. The average molecular weight is 300 g/mol.